The summed E-state index contributed by atoms with van der Waals surface area (Å²) in [5.74, 6) is 0. The van der Waals surface area contributed by atoms with Crippen LogP contribution in [0.1, 0.15) is 57.4 Å². The van der Waals surface area contributed by atoms with Gasteiger partial charge in [0, 0.05) is 0 Å². The standard InChI is InChI=1S/C50H37N3/c1-3-17-33(18-4-1)47-51-48(34-19-5-2-6-20-34)53-49(52-47)46-35-21-8-7-16-32(35)30-31-39(46)38-25-15-29-44-45(38)40-24-11-14-28-43(40)50(44)41-26-12-9-22-36(41)37-23-10-13-27-42(37)50/h1-31,47-49,51-53H. The van der Waals surface area contributed by atoms with E-state index in [4.69, 9.17) is 0 Å². The molecule has 3 aliphatic rings. The van der Waals surface area contributed by atoms with Crippen molar-refractivity contribution in [2.24, 2.45) is 0 Å². The molecule has 1 saturated heterocycles. The summed E-state index contributed by atoms with van der Waals surface area (Å²) >= 11 is 0. The van der Waals surface area contributed by atoms with E-state index in [0.29, 0.717) is 0 Å². The van der Waals surface area contributed by atoms with Crippen LogP contribution in [0.3, 0.4) is 0 Å². The van der Waals surface area contributed by atoms with E-state index in [9.17, 15) is 0 Å². The summed E-state index contributed by atoms with van der Waals surface area (Å²) in [5.41, 5.74) is 16.5. The fourth-order valence-corrected chi connectivity index (χ4v) is 9.70. The van der Waals surface area contributed by atoms with Crippen molar-refractivity contribution in [3.05, 3.63) is 227 Å². The third-order valence-corrected chi connectivity index (χ3v) is 11.8. The topological polar surface area (TPSA) is 36.1 Å². The van der Waals surface area contributed by atoms with Crippen molar-refractivity contribution in [2.45, 2.75) is 23.9 Å². The lowest BCUT2D eigenvalue weighted by Gasteiger charge is -2.40. The van der Waals surface area contributed by atoms with Crippen molar-refractivity contribution in [3.8, 4) is 33.4 Å². The molecule has 0 bridgehead atoms. The van der Waals surface area contributed by atoms with Crippen LogP contribution in [-0.2, 0) is 5.41 Å². The zero-order valence-electron chi connectivity index (χ0n) is 29.1. The molecule has 1 aliphatic heterocycles. The maximum absolute atomic E-state index is 4.03. The summed E-state index contributed by atoms with van der Waals surface area (Å²) in [6, 6.07) is 69.2. The third-order valence-electron chi connectivity index (χ3n) is 11.8. The maximum Gasteiger partial charge on any atom is 0.0876 e. The van der Waals surface area contributed by atoms with E-state index in [-0.39, 0.29) is 18.5 Å². The predicted octanol–water partition coefficient (Wildman–Crippen LogP) is 11.0. The fraction of sp³-hybridized carbons (Fsp3) is 0.0800. The smallest absolute Gasteiger partial charge is 0.0876 e. The van der Waals surface area contributed by atoms with Gasteiger partial charge in [0.15, 0.2) is 0 Å². The molecule has 3 N–H and O–H groups in total. The highest BCUT2D eigenvalue weighted by molar-refractivity contribution is 6.02. The van der Waals surface area contributed by atoms with Crippen LogP contribution in [0.25, 0.3) is 44.2 Å². The van der Waals surface area contributed by atoms with Gasteiger partial charge in [0.1, 0.15) is 0 Å². The van der Waals surface area contributed by atoms with Gasteiger partial charge in [-0.05, 0) is 83.1 Å². The van der Waals surface area contributed by atoms with Crippen LogP contribution in [0.5, 0.6) is 0 Å². The second kappa shape index (κ2) is 12.0. The molecule has 2 atom stereocenters. The quantitative estimate of drug-likeness (QED) is 0.173. The lowest BCUT2D eigenvalue weighted by Crippen LogP contribution is -2.54. The number of fused-ring (bicyclic) bond motifs is 11. The van der Waals surface area contributed by atoms with Crippen LogP contribution in [0.15, 0.2) is 188 Å². The van der Waals surface area contributed by atoms with Gasteiger partial charge in [0.25, 0.3) is 0 Å². The van der Waals surface area contributed by atoms with Gasteiger partial charge in [-0.3, -0.25) is 16.0 Å². The van der Waals surface area contributed by atoms with E-state index in [0.717, 1.165) is 0 Å². The summed E-state index contributed by atoms with van der Waals surface area (Å²) in [7, 11) is 0. The molecule has 3 nitrogen and oxygen atoms in total. The van der Waals surface area contributed by atoms with Crippen molar-refractivity contribution in [3.63, 3.8) is 0 Å². The minimum Gasteiger partial charge on any atom is -0.279 e. The Morgan fingerprint density at radius 2 is 0.792 bits per heavy atom. The summed E-state index contributed by atoms with van der Waals surface area (Å²) in [4.78, 5) is 0. The molecular formula is C50H37N3. The second-order valence-corrected chi connectivity index (χ2v) is 14.5. The van der Waals surface area contributed by atoms with Crippen LogP contribution >= 0.6 is 0 Å². The predicted molar refractivity (Wildman–Crippen MR) is 216 cm³/mol. The minimum absolute atomic E-state index is 0.0727. The second-order valence-electron chi connectivity index (χ2n) is 14.5. The average molecular weight is 680 g/mol. The van der Waals surface area contributed by atoms with Crippen molar-refractivity contribution in [2.75, 3.05) is 0 Å². The van der Waals surface area contributed by atoms with Gasteiger partial charge in [-0.15, -0.1) is 0 Å². The molecular weight excluding hydrogens is 643 g/mol. The van der Waals surface area contributed by atoms with Crippen molar-refractivity contribution >= 4 is 10.8 Å². The summed E-state index contributed by atoms with van der Waals surface area (Å²) in [6.45, 7) is 0. The Bertz CT molecular complexity index is 2590. The van der Waals surface area contributed by atoms with Gasteiger partial charge in [-0.1, -0.05) is 188 Å². The Morgan fingerprint density at radius 3 is 1.43 bits per heavy atom. The van der Waals surface area contributed by atoms with Crippen molar-refractivity contribution < 1.29 is 0 Å². The van der Waals surface area contributed by atoms with E-state index in [1.54, 1.807) is 0 Å². The summed E-state index contributed by atoms with van der Waals surface area (Å²) < 4.78 is 0. The largest absolute Gasteiger partial charge is 0.279 e. The van der Waals surface area contributed by atoms with E-state index >= 15 is 0 Å². The molecule has 11 rings (SSSR count). The molecule has 1 spiro atoms. The van der Waals surface area contributed by atoms with Crippen LogP contribution in [0.4, 0.5) is 0 Å². The van der Waals surface area contributed by atoms with Crippen molar-refractivity contribution in [1.29, 1.82) is 0 Å². The van der Waals surface area contributed by atoms with Gasteiger partial charge in [-0.25, -0.2) is 0 Å². The highest BCUT2D eigenvalue weighted by Crippen LogP contribution is 2.64. The monoisotopic (exact) mass is 679 g/mol. The molecule has 8 aromatic rings. The highest BCUT2D eigenvalue weighted by atomic mass is 15.4. The lowest BCUT2D eigenvalue weighted by molar-refractivity contribution is 0.204. The third kappa shape index (κ3) is 4.46. The number of nitrogens with one attached hydrogen (secondary N) is 3. The lowest BCUT2D eigenvalue weighted by atomic mass is 9.70. The van der Waals surface area contributed by atoms with E-state index < -0.39 is 5.41 Å². The summed E-state index contributed by atoms with van der Waals surface area (Å²) in [6.07, 6.45) is -0.310. The zero-order chi connectivity index (χ0) is 34.9. The Morgan fingerprint density at radius 1 is 0.321 bits per heavy atom. The fourth-order valence-electron chi connectivity index (χ4n) is 9.70. The Kier molecular flexibility index (Phi) is 6.90. The van der Waals surface area contributed by atoms with E-state index in [2.05, 4.69) is 204 Å². The van der Waals surface area contributed by atoms with Gasteiger partial charge in [0.05, 0.1) is 23.9 Å². The first-order chi connectivity index (χ1) is 26.3. The number of hydrogen-bond acceptors (Lipinski definition) is 3. The first-order valence-electron chi connectivity index (χ1n) is 18.6. The van der Waals surface area contributed by atoms with Crippen molar-refractivity contribution in [1.82, 2.24) is 16.0 Å². The minimum atomic E-state index is -0.395. The van der Waals surface area contributed by atoms with E-state index in [1.165, 1.54) is 83.1 Å². The number of benzene rings is 8. The molecule has 53 heavy (non-hydrogen) atoms. The van der Waals surface area contributed by atoms with Gasteiger partial charge < -0.3 is 0 Å². The molecule has 8 aromatic carbocycles. The molecule has 2 aliphatic carbocycles. The molecule has 3 heteroatoms. The highest BCUT2D eigenvalue weighted by Gasteiger charge is 2.52. The van der Waals surface area contributed by atoms with Crippen LogP contribution in [0.2, 0.25) is 0 Å². The van der Waals surface area contributed by atoms with Gasteiger partial charge in [-0.2, -0.15) is 0 Å². The first kappa shape index (κ1) is 30.5. The molecule has 1 fully saturated rings. The van der Waals surface area contributed by atoms with Crippen LogP contribution in [-0.4, -0.2) is 0 Å². The molecule has 2 unspecified atom stereocenters. The Balaban J connectivity index is 1.17. The molecule has 1 heterocycles. The molecule has 0 radical (unpaired) electrons. The van der Waals surface area contributed by atoms with E-state index in [1.807, 2.05) is 0 Å². The first-order valence-corrected chi connectivity index (χ1v) is 18.6. The normalized spacial score (nSPS) is 19.1. The molecule has 0 aromatic heterocycles. The average Bonchev–Trinajstić information content (AvgIpc) is 3.71. The van der Waals surface area contributed by atoms with Crippen LogP contribution < -0.4 is 16.0 Å². The summed E-state index contributed by atoms with van der Waals surface area (Å²) in [5, 5.41) is 14.4. The molecule has 252 valence electrons. The maximum atomic E-state index is 4.03. The molecule has 0 amide bonds. The SMILES string of the molecule is c1ccc(C2NC(c3ccccc3)NC(c3c(-c4cccc5c4-c4ccccc4C54c5ccccc5-c5ccccc54)ccc4ccccc34)N2)cc1. The van der Waals surface area contributed by atoms with Gasteiger partial charge in [0.2, 0.25) is 0 Å². The Labute approximate surface area is 310 Å². The number of hydrogen-bond donors (Lipinski definition) is 3. The Hall–Kier alpha value is -6.10. The zero-order valence-corrected chi connectivity index (χ0v) is 29.1. The van der Waals surface area contributed by atoms with Crippen LogP contribution in [0, 0.1) is 0 Å². The van der Waals surface area contributed by atoms with Gasteiger partial charge >= 0.3 is 0 Å². The number of rotatable bonds is 4. The molecule has 0 saturated carbocycles.